The van der Waals surface area contributed by atoms with Crippen molar-refractivity contribution in [3.63, 3.8) is 0 Å². The van der Waals surface area contributed by atoms with Crippen LogP contribution in [-0.4, -0.2) is 24.0 Å². The Labute approximate surface area is 760 Å². The molecule has 10 nitrogen and oxygen atoms in total. The van der Waals surface area contributed by atoms with Crippen LogP contribution in [0.2, 0.25) is 0 Å². The molecule has 0 saturated carbocycles. The number of furan rings is 3. The van der Waals surface area contributed by atoms with Gasteiger partial charge in [0.25, 0.3) is 0 Å². The molecule has 0 amide bonds. The molecular formula is C121H87N7O3. The number of rotatable bonds is 18. The van der Waals surface area contributed by atoms with Crippen LogP contribution in [-0.2, 0) is 0 Å². The SMILES string of the molecule is C1=CCN(c2ccc(N(c3ccc(-c4ccccc4)cc3)c3ccc(-c4cccc5c4oc4ccccc45)cc3)cc2)C=C1.C1=CN(c2ccc(N(c3ccc(-c4ccccc4)cc3)c3ccc(-c4cccc5c4oc4ccccc45)cc3)cc2)CN=C1.c1ccc(-c2ccc(N(c3ccc(-c4cccc5c4oc4ccccc45)cc3)c3ccc(-n4cccc4)cc3)cc2)cc1. The van der Waals surface area contributed by atoms with Crippen molar-refractivity contribution in [3.05, 3.63) is 498 Å². The highest BCUT2D eigenvalue weighted by Gasteiger charge is 2.23. The van der Waals surface area contributed by atoms with Crippen molar-refractivity contribution < 1.29 is 13.3 Å². The summed E-state index contributed by atoms with van der Waals surface area (Å²) in [4.78, 5) is 15.7. The largest absolute Gasteiger partial charge is 0.455 e. The smallest absolute Gasteiger partial charge is 0.143 e. The van der Waals surface area contributed by atoms with Gasteiger partial charge in [0.05, 0.1) is 0 Å². The average molecular weight is 1690 g/mol. The highest BCUT2D eigenvalue weighted by molar-refractivity contribution is 6.12. The number of fused-ring (bicyclic) bond motifs is 9. The Morgan fingerprint density at radius 2 is 0.489 bits per heavy atom. The Balaban J connectivity index is 0.000000115. The molecular weight excluding hydrogens is 1600 g/mol. The molecule has 0 atom stereocenters. The molecule has 0 saturated heterocycles. The summed E-state index contributed by atoms with van der Waals surface area (Å²) >= 11 is 0. The van der Waals surface area contributed by atoms with Crippen molar-refractivity contribution in [1.29, 1.82) is 0 Å². The first-order valence-electron chi connectivity index (χ1n) is 44.3. The first-order chi connectivity index (χ1) is 64.9. The highest BCUT2D eigenvalue weighted by atomic mass is 16.3. The van der Waals surface area contributed by atoms with E-state index in [1.807, 2.05) is 66.9 Å². The van der Waals surface area contributed by atoms with E-state index in [2.05, 4.69) is 471 Å². The zero-order chi connectivity index (χ0) is 87.2. The molecule has 4 aromatic heterocycles. The van der Waals surface area contributed by atoms with E-state index in [1.165, 1.54) is 39.1 Å². The van der Waals surface area contributed by atoms with Gasteiger partial charge >= 0.3 is 0 Å². The molecule has 2 aliphatic heterocycles. The normalized spacial score (nSPS) is 12.2. The van der Waals surface area contributed by atoms with Gasteiger partial charge in [0.15, 0.2) is 0 Å². The Morgan fingerprint density at radius 1 is 0.214 bits per heavy atom. The van der Waals surface area contributed by atoms with Crippen LogP contribution in [0.3, 0.4) is 0 Å². The van der Waals surface area contributed by atoms with Crippen molar-refractivity contribution in [2.24, 2.45) is 4.99 Å². The number of hydrogen-bond acceptors (Lipinski definition) is 9. The van der Waals surface area contributed by atoms with Crippen LogP contribution >= 0.6 is 0 Å². The van der Waals surface area contributed by atoms with E-state index in [4.69, 9.17) is 13.3 Å². The van der Waals surface area contributed by atoms with Crippen molar-refractivity contribution in [2.75, 3.05) is 37.7 Å². The topological polar surface area (TPSA) is 72.9 Å². The standard InChI is InChI=1S/C41H30N2O.C40H29N3O.C40H28N2O/c1-3-10-30(11-4-1)31-16-20-34(21-17-31)43(36-26-24-33(25-27-36)42-28-7-2-8-29-42)35-22-18-32(19-23-35)37-13-9-14-39-38-12-5-6-15-40(38)44-41(37)39;1-2-8-29(9-3-1)30-14-18-33(19-15-30)43(35-24-22-32(23-25-35)42-27-7-26-41-28-42)34-20-16-31(17-21-34)36-11-6-12-38-37-10-4-5-13-39(37)44-40(36)38;1-2-9-29(10-3-1)30-15-19-33(20-16-30)42(35-25-23-32(24-26-35)41-27-6-7-28-41)34-21-17-31(18-22-34)36-12-8-13-38-37-11-4-5-14-39(37)43-40(36)38/h1-28H,29H2;1-27H,28H2;1-28H. The summed E-state index contributed by atoms with van der Waals surface area (Å²) in [6, 6.07) is 158. The van der Waals surface area contributed by atoms with Crippen molar-refractivity contribution in [2.45, 2.75) is 0 Å². The molecule has 10 heteroatoms. The Kier molecular flexibility index (Phi) is 21.8. The van der Waals surface area contributed by atoms with Crippen molar-refractivity contribution in [1.82, 2.24) is 4.57 Å². The average Bonchev–Trinajstić information content (AvgIpc) is 1.63. The predicted octanol–water partition coefficient (Wildman–Crippen LogP) is 33.2. The minimum absolute atomic E-state index is 0.625. The summed E-state index contributed by atoms with van der Waals surface area (Å²) in [7, 11) is 0. The third kappa shape index (κ3) is 16.3. The number of aromatic nitrogens is 1. The predicted molar refractivity (Wildman–Crippen MR) is 548 cm³/mol. The Morgan fingerprint density at radius 3 is 0.802 bits per heavy atom. The summed E-state index contributed by atoms with van der Waals surface area (Å²) in [6.07, 6.45) is 18.4. The zero-order valence-electron chi connectivity index (χ0n) is 71.7. The summed E-state index contributed by atoms with van der Waals surface area (Å²) in [5.41, 5.74) is 32.6. The van der Waals surface area contributed by atoms with Crippen LogP contribution in [0.1, 0.15) is 0 Å². The number of allylic oxidation sites excluding steroid dienone is 3. The van der Waals surface area contributed by atoms with Gasteiger partial charge in [0.1, 0.15) is 40.2 Å². The Bertz CT molecular complexity index is 7570. The number of hydrogen-bond donors (Lipinski definition) is 0. The molecule has 0 radical (unpaired) electrons. The molecule has 6 heterocycles. The van der Waals surface area contributed by atoms with Crippen LogP contribution in [0.15, 0.2) is 516 Å². The lowest BCUT2D eigenvalue weighted by Crippen LogP contribution is -2.18. The fourth-order valence-electron chi connectivity index (χ4n) is 18.0. The van der Waals surface area contributed by atoms with Gasteiger partial charge in [-0.2, -0.15) is 0 Å². The molecule has 624 valence electrons. The first-order valence-corrected chi connectivity index (χ1v) is 44.3. The maximum absolute atomic E-state index is 6.34. The van der Waals surface area contributed by atoms with Crippen LogP contribution in [0, 0.1) is 0 Å². The van der Waals surface area contributed by atoms with E-state index in [1.54, 1.807) is 0 Å². The van der Waals surface area contributed by atoms with Crippen LogP contribution < -0.4 is 24.5 Å². The molecule has 0 bridgehead atoms. The van der Waals surface area contributed by atoms with E-state index in [0.717, 1.165) is 168 Å². The van der Waals surface area contributed by atoms with Gasteiger partial charge < -0.3 is 42.3 Å². The lowest BCUT2D eigenvalue weighted by atomic mass is 10.0. The molecule has 0 N–H and O–H groups in total. The second kappa shape index (κ2) is 35.9. The van der Waals surface area contributed by atoms with Gasteiger partial charge in [-0.25, -0.2) is 0 Å². The molecule has 0 aliphatic carbocycles. The second-order valence-corrected chi connectivity index (χ2v) is 32.6. The quantitative estimate of drug-likeness (QED) is 0.0841. The molecule has 0 fully saturated rings. The number of aliphatic imine (C=N–C) groups is 1. The van der Waals surface area contributed by atoms with Gasteiger partial charge in [0, 0.05) is 155 Å². The van der Waals surface area contributed by atoms with Gasteiger partial charge in [0.2, 0.25) is 0 Å². The van der Waals surface area contributed by atoms with Gasteiger partial charge in [-0.3, -0.25) is 4.99 Å². The molecule has 18 aromatic carbocycles. The minimum atomic E-state index is 0.625. The van der Waals surface area contributed by atoms with E-state index in [9.17, 15) is 0 Å². The summed E-state index contributed by atoms with van der Waals surface area (Å²) in [5, 5.41) is 6.84. The van der Waals surface area contributed by atoms with Crippen molar-refractivity contribution >= 4 is 135 Å². The lowest BCUT2D eigenvalue weighted by molar-refractivity contribution is 0.669. The zero-order valence-corrected chi connectivity index (χ0v) is 71.7. The van der Waals surface area contributed by atoms with E-state index in [-0.39, 0.29) is 0 Å². The van der Waals surface area contributed by atoms with E-state index >= 15 is 0 Å². The maximum Gasteiger partial charge on any atom is 0.143 e. The summed E-state index contributed by atoms with van der Waals surface area (Å²) in [5.74, 6) is 0. The minimum Gasteiger partial charge on any atom is -0.455 e. The van der Waals surface area contributed by atoms with E-state index < -0.39 is 0 Å². The van der Waals surface area contributed by atoms with Gasteiger partial charge in [-0.05, 0) is 238 Å². The molecule has 0 unspecified atom stereocenters. The first kappa shape index (κ1) is 79.4. The fourth-order valence-corrected chi connectivity index (χ4v) is 18.0. The third-order valence-corrected chi connectivity index (χ3v) is 24.6. The number of anilines is 11. The number of para-hydroxylation sites is 6. The maximum atomic E-state index is 6.34. The highest BCUT2D eigenvalue weighted by Crippen LogP contribution is 2.46. The molecule has 24 rings (SSSR count). The lowest BCUT2D eigenvalue weighted by Gasteiger charge is -2.27. The van der Waals surface area contributed by atoms with Crippen LogP contribution in [0.5, 0.6) is 0 Å². The number of benzene rings is 18. The van der Waals surface area contributed by atoms with Gasteiger partial charge in [-0.15, -0.1) is 0 Å². The van der Waals surface area contributed by atoms with Crippen molar-refractivity contribution in [3.8, 4) is 72.4 Å². The second-order valence-electron chi connectivity index (χ2n) is 32.6. The third-order valence-electron chi connectivity index (χ3n) is 24.6. The molecule has 2 aliphatic rings. The van der Waals surface area contributed by atoms with Gasteiger partial charge in [-0.1, -0.05) is 285 Å². The van der Waals surface area contributed by atoms with E-state index in [0.29, 0.717) is 6.67 Å². The monoisotopic (exact) mass is 1690 g/mol. The fraction of sp³-hybridized carbons (Fsp3) is 0.0165. The summed E-state index contributed by atoms with van der Waals surface area (Å²) in [6.45, 7) is 1.50. The number of nitrogens with zero attached hydrogens (tertiary/aromatic N) is 7. The molecule has 22 aromatic rings. The van der Waals surface area contributed by atoms with Crippen LogP contribution in [0.4, 0.5) is 62.6 Å². The Hall–Kier alpha value is -17.5. The molecule has 131 heavy (non-hydrogen) atoms. The molecule has 0 spiro atoms. The van der Waals surface area contributed by atoms with Crippen LogP contribution in [0.25, 0.3) is 138 Å². The summed E-state index contributed by atoms with van der Waals surface area (Å²) < 4.78 is 21.1.